The molecule has 4 nitrogen and oxygen atoms in total. The summed E-state index contributed by atoms with van der Waals surface area (Å²) in [5.41, 5.74) is 2.38. The molecule has 0 unspecified atom stereocenters. The molecule has 0 bridgehead atoms. The summed E-state index contributed by atoms with van der Waals surface area (Å²) >= 11 is 11.4. The van der Waals surface area contributed by atoms with Crippen molar-refractivity contribution in [2.75, 3.05) is 4.90 Å². The van der Waals surface area contributed by atoms with Gasteiger partial charge < -0.3 is 4.74 Å². The topological polar surface area (TPSA) is 46.6 Å². The number of hydrogen-bond acceptors (Lipinski definition) is 4. The third-order valence-electron chi connectivity index (χ3n) is 4.42. The Morgan fingerprint density at radius 3 is 2.19 bits per heavy atom. The Morgan fingerprint density at radius 1 is 0.903 bits per heavy atom. The molecule has 0 aromatic heterocycles. The summed E-state index contributed by atoms with van der Waals surface area (Å²) in [6.07, 6.45) is 1.71. The van der Waals surface area contributed by atoms with Crippen LogP contribution in [0.1, 0.15) is 11.1 Å². The average molecular weight is 624 g/mol. The van der Waals surface area contributed by atoms with Gasteiger partial charge in [-0.05, 0) is 97.2 Å². The number of imide groups is 1. The molecule has 0 atom stereocenters. The molecule has 156 valence electrons. The molecule has 1 aliphatic heterocycles. The third-order valence-corrected chi connectivity index (χ3v) is 7.00. The van der Waals surface area contributed by atoms with Crippen molar-refractivity contribution in [3.05, 3.63) is 96.2 Å². The smallest absolute Gasteiger partial charge is 0.298 e. The quantitative estimate of drug-likeness (QED) is 0.272. The lowest BCUT2D eigenvalue weighted by Crippen LogP contribution is -2.27. The number of para-hydroxylation sites is 1. The number of carbonyl (C=O) groups is 2. The number of carbonyl (C=O) groups excluding carboxylic acids is 2. The van der Waals surface area contributed by atoms with E-state index in [1.807, 2.05) is 42.5 Å². The number of thioether (sulfide) groups is 1. The van der Waals surface area contributed by atoms with Gasteiger partial charge in [0.05, 0.1) is 19.5 Å². The van der Waals surface area contributed by atoms with E-state index in [1.54, 1.807) is 30.3 Å². The summed E-state index contributed by atoms with van der Waals surface area (Å²) in [4.78, 5) is 26.8. The predicted molar refractivity (Wildman–Crippen MR) is 135 cm³/mol. The SMILES string of the molecule is O=C1S/C(=C\c2cc(Br)c(OCc3ccc(Br)cc3)c(Br)c2)C(=O)N1c1ccccc1. The van der Waals surface area contributed by atoms with Crippen LogP contribution in [0.2, 0.25) is 0 Å². The number of amides is 2. The largest absolute Gasteiger partial charge is 0.487 e. The van der Waals surface area contributed by atoms with Crippen molar-refractivity contribution in [2.45, 2.75) is 6.61 Å². The van der Waals surface area contributed by atoms with Crippen LogP contribution in [0.4, 0.5) is 10.5 Å². The molecular formula is C23H14Br3NO3S. The lowest BCUT2D eigenvalue weighted by atomic mass is 10.2. The fraction of sp³-hybridized carbons (Fsp3) is 0.0435. The highest BCUT2D eigenvalue weighted by molar-refractivity contribution is 9.11. The number of anilines is 1. The summed E-state index contributed by atoms with van der Waals surface area (Å²) in [7, 11) is 0. The van der Waals surface area contributed by atoms with E-state index in [4.69, 9.17) is 4.74 Å². The first-order valence-electron chi connectivity index (χ1n) is 9.11. The van der Waals surface area contributed by atoms with Gasteiger partial charge in [-0.3, -0.25) is 9.59 Å². The van der Waals surface area contributed by atoms with Crippen LogP contribution in [-0.4, -0.2) is 11.1 Å². The average Bonchev–Trinajstić information content (AvgIpc) is 3.02. The van der Waals surface area contributed by atoms with Crippen LogP contribution >= 0.6 is 59.6 Å². The number of halogens is 3. The van der Waals surface area contributed by atoms with E-state index in [-0.39, 0.29) is 11.1 Å². The second kappa shape index (κ2) is 9.73. The van der Waals surface area contributed by atoms with E-state index in [1.165, 1.54) is 4.90 Å². The molecule has 1 heterocycles. The van der Waals surface area contributed by atoms with Crippen LogP contribution in [0.15, 0.2) is 85.1 Å². The minimum Gasteiger partial charge on any atom is -0.487 e. The van der Waals surface area contributed by atoms with Gasteiger partial charge in [-0.1, -0.05) is 46.3 Å². The first kappa shape index (κ1) is 22.3. The lowest BCUT2D eigenvalue weighted by Gasteiger charge is -2.12. The molecule has 31 heavy (non-hydrogen) atoms. The van der Waals surface area contributed by atoms with Crippen LogP contribution < -0.4 is 9.64 Å². The highest BCUT2D eigenvalue weighted by atomic mass is 79.9. The van der Waals surface area contributed by atoms with E-state index >= 15 is 0 Å². The van der Waals surface area contributed by atoms with Crippen LogP contribution in [0.25, 0.3) is 6.08 Å². The number of ether oxygens (including phenoxy) is 1. The van der Waals surface area contributed by atoms with E-state index in [0.717, 1.165) is 36.3 Å². The molecule has 4 rings (SSSR count). The standard InChI is InChI=1S/C23H14Br3NO3S/c24-16-8-6-14(7-9-16)13-30-21-18(25)10-15(11-19(21)26)12-20-22(28)27(23(29)31-20)17-4-2-1-3-5-17/h1-12H,13H2/b20-12-. The molecule has 0 N–H and O–H groups in total. The Kier molecular flexibility index (Phi) is 7.01. The minimum absolute atomic E-state index is 0.310. The van der Waals surface area contributed by atoms with Crippen molar-refractivity contribution >= 4 is 82.5 Å². The number of rotatable bonds is 5. The molecule has 0 radical (unpaired) electrons. The second-order valence-electron chi connectivity index (χ2n) is 6.58. The van der Waals surface area contributed by atoms with Crippen LogP contribution in [0.3, 0.4) is 0 Å². The maximum atomic E-state index is 12.8. The lowest BCUT2D eigenvalue weighted by molar-refractivity contribution is -0.113. The number of hydrogen-bond donors (Lipinski definition) is 0. The Hall–Kier alpha value is -1.87. The maximum absolute atomic E-state index is 12.8. The fourth-order valence-electron chi connectivity index (χ4n) is 2.96. The zero-order valence-electron chi connectivity index (χ0n) is 15.8. The molecule has 1 saturated heterocycles. The normalized spacial score (nSPS) is 15.1. The van der Waals surface area contributed by atoms with E-state index in [2.05, 4.69) is 47.8 Å². The van der Waals surface area contributed by atoms with Crippen LogP contribution in [0, 0.1) is 0 Å². The Morgan fingerprint density at radius 2 is 1.55 bits per heavy atom. The van der Waals surface area contributed by atoms with Gasteiger partial charge in [0.25, 0.3) is 11.1 Å². The van der Waals surface area contributed by atoms with Crippen molar-refractivity contribution in [3.8, 4) is 5.75 Å². The molecule has 2 amide bonds. The van der Waals surface area contributed by atoms with Gasteiger partial charge in [0.1, 0.15) is 12.4 Å². The molecule has 3 aromatic carbocycles. The summed E-state index contributed by atoms with van der Waals surface area (Å²) in [6, 6.07) is 20.5. The van der Waals surface area contributed by atoms with Gasteiger partial charge in [-0.2, -0.15) is 0 Å². The zero-order valence-corrected chi connectivity index (χ0v) is 21.4. The maximum Gasteiger partial charge on any atom is 0.298 e. The Balaban J connectivity index is 1.54. The predicted octanol–water partition coefficient (Wildman–Crippen LogP) is 7.79. The van der Waals surface area contributed by atoms with Crippen molar-refractivity contribution in [3.63, 3.8) is 0 Å². The van der Waals surface area contributed by atoms with Gasteiger partial charge >= 0.3 is 0 Å². The van der Waals surface area contributed by atoms with Crippen LogP contribution in [-0.2, 0) is 11.4 Å². The van der Waals surface area contributed by atoms with E-state index in [9.17, 15) is 9.59 Å². The van der Waals surface area contributed by atoms with Crippen molar-refractivity contribution in [1.82, 2.24) is 0 Å². The molecule has 3 aromatic rings. The summed E-state index contributed by atoms with van der Waals surface area (Å²) in [5.74, 6) is 0.335. The van der Waals surface area contributed by atoms with Gasteiger partial charge in [0.15, 0.2) is 0 Å². The summed E-state index contributed by atoms with van der Waals surface area (Å²) < 4.78 is 8.47. The monoisotopic (exact) mass is 621 g/mol. The Labute approximate surface area is 209 Å². The molecule has 1 fully saturated rings. The van der Waals surface area contributed by atoms with Crippen molar-refractivity contribution < 1.29 is 14.3 Å². The Bertz CT molecular complexity index is 1160. The number of benzene rings is 3. The summed E-state index contributed by atoms with van der Waals surface area (Å²) in [6.45, 7) is 0.416. The molecular weight excluding hydrogens is 610 g/mol. The van der Waals surface area contributed by atoms with Crippen molar-refractivity contribution in [2.24, 2.45) is 0 Å². The number of nitrogens with zero attached hydrogens (tertiary/aromatic N) is 1. The second-order valence-corrected chi connectivity index (χ2v) is 10.2. The molecule has 0 spiro atoms. The van der Waals surface area contributed by atoms with Crippen LogP contribution in [0.5, 0.6) is 5.75 Å². The highest BCUT2D eigenvalue weighted by Gasteiger charge is 2.36. The van der Waals surface area contributed by atoms with Gasteiger partial charge in [0, 0.05) is 4.47 Å². The molecule has 1 aliphatic rings. The zero-order chi connectivity index (χ0) is 22.0. The highest BCUT2D eigenvalue weighted by Crippen LogP contribution is 2.39. The van der Waals surface area contributed by atoms with E-state index in [0.29, 0.717) is 22.9 Å². The van der Waals surface area contributed by atoms with Gasteiger partial charge in [-0.15, -0.1) is 0 Å². The third kappa shape index (κ3) is 5.14. The molecule has 0 aliphatic carbocycles. The van der Waals surface area contributed by atoms with Gasteiger partial charge in [0.2, 0.25) is 0 Å². The molecule has 8 heteroatoms. The van der Waals surface area contributed by atoms with E-state index < -0.39 is 0 Å². The first-order chi connectivity index (χ1) is 14.9. The van der Waals surface area contributed by atoms with Gasteiger partial charge in [-0.25, -0.2) is 4.90 Å². The fourth-order valence-corrected chi connectivity index (χ4v) is 5.51. The molecule has 0 saturated carbocycles. The first-order valence-corrected chi connectivity index (χ1v) is 12.3. The summed E-state index contributed by atoms with van der Waals surface area (Å²) in [5, 5.41) is -0.310. The minimum atomic E-state index is -0.330. The van der Waals surface area contributed by atoms with Crippen molar-refractivity contribution in [1.29, 1.82) is 0 Å².